The molecule has 12 rings (SSSR count). The summed E-state index contributed by atoms with van der Waals surface area (Å²) in [7, 11) is 0. The number of ether oxygens (including phenoxy) is 2. The van der Waals surface area contributed by atoms with E-state index in [2.05, 4.69) is 214 Å². The lowest BCUT2D eigenvalue weighted by molar-refractivity contribution is -0.149. The van der Waals surface area contributed by atoms with Crippen molar-refractivity contribution in [3.05, 3.63) is 214 Å². The smallest absolute Gasteiger partial charge is 0.330 e. The highest BCUT2D eigenvalue weighted by molar-refractivity contribution is 5.91. The van der Waals surface area contributed by atoms with Gasteiger partial charge in [-0.25, -0.2) is 4.79 Å². The summed E-state index contributed by atoms with van der Waals surface area (Å²) in [5.41, 5.74) is 30.5. The van der Waals surface area contributed by atoms with Crippen molar-refractivity contribution in [3.63, 3.8) is 0 Å². The predicted octanol–water partition coefficient (Wildman–Crippen LogP) is 18.8. The van der Waals surface area contributed by atoms with E-state index in [1.165, 1.54) is 134 Å². The zero-order chi connectivity index (χ0) is 54.6. The molecule has 8 aromatic carbocycles. The number of unbranched alkanes of at least 4 members (excludes halogenated alkanes) is 1. The molecule has 0 N–H and O–H groups in total. The highest BCUT2D eigenvalue weighted by Crippen LogP contribution is 2.56. The molecular formula is C74H72O4. The average molecular weight is 1030 g/mol. The van der Waals surface area contributed by atoms with Gasteiger partial charge in [0.15, 0.2) is 0 Å². The molecule has 0 heterocycles. The summed E-state index contributed by atoms with van der Waals surface area (Å²) in [4.78, 5) is 23.9. The fraction of sp³-hybridized carbons (Fsp3) is 0.297. The van der Waals surface area contributed by atoms with E-state index >= 15 is 0 Å². The molecule has 4 nitrogen and oxygen atoms in total. The average Bonchev–Trinajstić information content (AvgIpc) is 4.25. The van der Waals surface area contributed by atoms with Gasteiger partial charge in [-0.3, -0.25) is 4.79 Å². The quantitative estimate of drug-likeness (QED) is 0.0619. The van der Waals surface area contributed by atoms with Gasteiger partial charge in [0, 0.05) is 34.2 Å². The summed E-state index contributed by atoms with van der Waals surface area (Å²) >= 11 is 0. The molecule has 0 saturated carbocycles. The van der Waals surface area contributed by atoms with E-state index in [-0.39, 0.29) is 39.7 Å². The first kappa shape index (κ1) is 51.2. The van der Waals surface area contributed by atoms with Crippen LogP contribution in [0, 0.1) is 0 Å². The predicted molar refractivity (Wildman–Crippen MR) is 321 cm³/mol. The Kier molecular flexibility index (Phi) is 12.4. The van der Waals surface area contributed by atoms with Crippen LogP contribution in [-0.2, 0) is 47.1 Å². The first-order chi connectivity index (χ1) is 37.3. The molecule has 0 spiro atoms. The van der Waals surface area contributed by atoms with Crippen molar-refractivity contribution in [1.82, 2.24) is 0 Å². The lowest BCUT2D eigenvalue weighted by atomic mass is 9.79. The lowest BCUT2D eigenvalue weighted by Crippen LogP contribution is -2.17. The van der Waals surface area contributed by atoms with Crippen LogP contribution >= 0.6 is 0 Å². The van der Waals surface area contributed by atoms with Gasteiger partial charge < -0.3 is 9.47 Å². The third-order valence-electron chi connectivity index (χ3n) is 18.5. The van der Waals surface area contributed by atoms with Crippen molar-refractivity contribution in [1.29, 1.82) is 0 Å². The molecule has 4 aliphatic carbocycles. The third-order valence-corrected chi connectivity index (χ3v) is 18.5. The fourth-order valence-corrected chi connectivity index (χ4v) is 13.9. The van der Waals surface area contributed by atoms with Gasteiger partial charge in [0.1, 0.15) is 6.10 Å². The standard InChI is InChI=1S/C74H72O4/c1-12-17-68(78-70(76)14-3)51-26-34-59-58-33-25-50(42-66(58)74(10,11)67(59)43-51)49-24-32-57-56-31-23-48(40-64(56)73(8,9)65(57)41-49)47-22-30-55-54-29-21-46(38-62(54)72(6,7)63(55)39-47)45-20-28-53-52-27-19-44(18-15-16-35-77-69(75)13-2)36-60(52)71(4,5)61(53)37-45/h13,19-34,36-43,68H,2,12,14-18,35H2,1,3-11H3. The molecule has 1 atom stereocenters. The molecule has 78 heavy (non-hydrogen) atoms. The van der Waals surface area contributed by atoms with Gasteiger partial charge in [-0.05, 0) is 196 Å². The topological polar surface area (TPSA) is 52.6 Å². The highest BCUT2D eigenvalue weighted by atomic mass is 16.5. The van der Waals surface area contributed by atoms with Gasteiger partial charge in [0.2, 0.25) is 0 Å². The van der Waals surface area contributed by atoms with Crippen LogP contribution in [0.2, 0.25) is 0 Å². The summed E-state index contributed by atoms with van der Waals surface area (Å²) < 4.78 is 11.2. The first-order valence-corrected chi connectivity index (χ1v) is 28.5. The maximum Gasteiger partial charge on any atom is 0.330 e. The number of esters is 2. The fourth-order valence-electron chi connectivity index (χ4n) is 13.9. The molecular weight excluding hydrogens is 953 g/mol. The van der Waals surface area contributed by atoms with Crippen LogP contribution in [0.1, 0.15) is 163 Å². The number of fused-ring (bicyclic) bond motifs is 12. The number of rotatable bonds is 14. The molecule has 1 unspecified atom stereocenters. The molecule has 0 aromatic heterocycles. The largest absolute Gasteiger partial charge is 0.463 e. The van der Waals surface area contributed by atoms with E-state index in [4.69, 9.17) is 9.47 Å². The molecule has 392 valence electrons. The zero-order valence-electron chi connectivity index (χ0n) is 47.3. The van der Waals surface area contributed by atoms with E-state index in [1.807, 2.05) is 6.92 Å². The molecule has 8 aromatic rings. The van der Waals surface area contributed by atoms with Crippen molar-refractivity contribution in [3.8, 4) is 77.9 Å². The highest BCUT2D eigenvalue weighted by Gasteiger charge is 2.41. The Hall–Kier alpha value is -7.56. The van der Waals surface area contributed by atoms with Crippen LogP contribution in [0.25, 0.3) is 77.9 Å². The van der Waals surface area contributed by atoms with Crippen molar-refractivity contribution in [2.75, 3.05) is 6.61 Å². The maximum atomic E-state index is 12.4. The molecule has 0 bridgehead atoms. The minimum atomic E-state index is -0.357. The van der Waals surface area contributed by atoms with E-state index in [9.17, 15) is 9.59 Å². The molecule has 0 fully saturated rings. The first-order valence-electron chi connectivity index (χ1n) is 28.5. The third kappa shape index (κ3) is 8.15. The number of hydrogen-bond donors (Lipinski definition) is 0. The van der Waals surface area contributed by atoms with Crippen molar-refractivity contribution < 1.29 is 19.1 Å². The van der Waals surface area contributed by atoms with Gasteiger partial charge in [0.05, 0.1) is 6.61 Å². The normalized spacial score (nSPS) is 15.9. The van der Waals surface area contributed by atoms with E-state index < -0.39 is 0 Å². The summed E-state index contributed by atoms with van der Waals surface area (Å²) in [5, 5.41) is 0. The molecule has 0 saturated heterocycles. The second-order valence-electron chi connectivity index (χ2n) is 24.7. The van der Waals surface area contributed by atoms with Gasteiger partial charge in [-0.15, -0.1) is 0 Å². The monoisotopic (exact) mass is 1020 g/mol. The zero-order valence-corrected chi connectivity index (χ0v) is 47.3. The maximum absolute atomic E-state index is 12.4. The Morgan fingerprint density at radius 1 is 0.449 bits per heavy atom. The van der Waals surface area contributed by atoms with Crippen LogP contribution in [0.5, 0.6) is 0 Å². The Morgan fingerprint density at radius 3 is 1.13 bits per heavy atom. The number of hydrogen-bond acceptors (Lipinski definition) is 4. The van der Waals surface area contributed by atoms with Crippen molar-refractivity contribution in [2.45, 2.75) is 136 Å². The Bertz CT molecular complexity index is 3820. The number of carbonyl (C=O) groups is 2. The van der Waals surface area contributed by atoms with E-state index in [1.54, 1.807) is 0 Å². The van der Waals surface area contributed by atoms with Crippen LogP contribution in [0.3, 0.4) is 0 Å². The molecule has 4 heteroatoms. The number of aryl methyl sites for hydroxylation is 1. The minimum Gasteiger partial charge on any atom is -0.463 e. The summed E-state index contributed by atoms with van der Waals surface area (Å²) in [6.45, 7) is 26.9. The lowest BCUT2D eigenvalue weighted by Gasteiger charge is -2.25. The molecule has 0 aliphatic heterocycles. The Labute approximate surface area is 462 Å². The van der Waals surface area contributed by atoms with Gasteiger partial charge >= 0.3 is 11.9 Å². The van der Waals surface area contributed by atoms with Crippen molar-refractivity contribution in [2.24, 2.45) is 0 Å². The second-order valence-corrected chi connectivity index (χ2v) is 24.7. The summed E-state index contributed by atoms with van der Waals surface area (Å²) in [6, 6.07) is 56.4. The van der Waals surface area contributed by atoms with Crippen LogP contribution in [0.15, 0.2) is 158 Å². The molecule has 0 radical (unpaired) electrons. The number of carbonyl (C=O) groups excluding carboxylic acids is 2. The van der Waals surface area contributed by atoms with Gasteiger partial charge in [0.25, 0.3) is 0 Å². The molecule has 4 aliphatic rings. The number of benzene rings is 8. The Balaban J connectivity index is 0.781. The van der Waals surface area contributed by atoms with Crippen LogP contribution in [0.4, 0.5) is 0 Å². The van der Waals surface area contributed by atoms with E-state index in [0.29, 0.717) is 13.0 Å². The van der Waals surface area contributed by atoms with Crippen molar-refractivity contribution >= 4 is 11.9 Å². The second kappa shape index (κ2) is 18.8. The van der Waals surface area contributed by atoms with Crippen LogP contribution in [-0.4, -0.2) is 18.5 Å². The van der Waals surface area contributed by atoms with Crippen LogP contribution < -0.4 is 0 Å². The summed E-state index contributed by atoms with van der Waals surface area (Å²) in [6.07, 6.45) is 5.87. The minimum absolute atomic E-state index is 0.132. The summed E-state index contributed by atoms with van der Waals surface area (Å²) in [5.74, 6) is -0.507. The van der Waals surface area contributed by atoms with E-state index in [0.717, 1.165) is 37.7 Å². The Morgan fingerprint density at radius 2 is 0.782 bits per heavy atom. The van der Waals surface area contributed by atoms with Gasteiger partial charge in [-0.1, -0.05) is 191 Å². The van der Waals surface area contributed by atoms with Gasteiger partial charge in [-0.2, -0.15) is 0 Å². The SMILES string of the molecule is C=CC(=O)OCCCCc1ccc2c(c1)C(C)(C)c1cc(-c3ccc4c(c3)C(C)(C)c3cc(-c5ccc6c(c5)C(C)(C)c5cc(-c7ccc8c(c7)C(C)(C)c7cc(C(CCC)OC(=O)CC)ccc7-8)ccc5-6)ccc3-4)ccc1-2. The molecule has 0 amide bonds.